The van der Waals surface area contributed by atoms with Crippen molar-refractivity contribution in [3.63, 3.8) is 0 Å². The second-order valence-electron chi connectivity index (χ2n) is 4.70. The van der Waals surface area contributed by atoms with Crippen molar-refractivity contribution < 1.29 is 13.2 Å². The lowest BCUT2D eigenvalue weighted by Gasteiger charge is -2.36. The molecule has 0 saturated carbocycles. The predicted octanol–water partition coefficient (Wildman–Crippen LogP) is 1.28. The molecule has 1 fully saturated rings. The number of thioether (sulfide) groups is 1. The van der Waals surface area contributed by atoms with E-state index in [1.807, 2.05) is 13.8 Å². The number of nitrogens with zero attached hydrogens (tertiary/aromatic N) is 1. The van der Waals surface area contributed by atoms with Crippen LogP contribution in [0.2, 0.25) is 0 Å². The third kappa shape index (κ3) is 3.57. The first kappa shape index (κ1) is 16.2. The average Bonchev–Trinajstić information content (AvgIpc) is 2.36. The number of sulfone groups is 1. The molecule has 2 unspecified atom stereocenters. The van der Waals surface area contributed by atoms with Crippen LogP contribution in [0, 0.1) is 5.92 Å². The molecule has 1 aliphatic heterocycles. The van der Waals surface area contributed by atoms with E-state index >= 15 is 0 Å². The van der Waals surface area contributed by atoms with E-state index in [-0.39, 0.29) is 17.6 Å². The molecule has 0 aromatic rings. The van der Waals surface area contributed by atoms with Gasteiger partial charge in [0.25, 0.3) is 0 Å². The number of hydrogen-bond acceptors (Lipinski definition) is 5. The van der Waals surface area contributed by atoms with E-state index in [2.05, 4.69) is 12.6 Å². The normalized spacial score (nSPS) is 23.2. The van der Waals surface area contributed by atoms with E-state index in [0.717, 1.165) is 5.75 Å². The van der Waals surface area contributed by atoms with Gasteiger partial charge in [-0.05, 0) is 5.92 Å². The second kappa shape index (κ2) is 6.52. The molecule has 0 aromatic heterocycles. The standard InChI is InChI=1S/C11H21NO3S3/c1-4-18(14,15)9-7-17-6-5-12(9)11(13)10(16)8(2)3/h8-10,16H,4-7H2,1-3H3. The molecule has 106 valence electrons. The van der Waals surface area contributed by atoms with Crippen molar-refractivity contribution >= 4 is 40.1 Å². The Kier molecular flexibility index (Phi) is 5.86. The van der Waals surface area contributed by atoms with Crippen LogP contribution in [0.4, 0.5) is 0 Å². The van der Waals surface area contributed by atoms with Crippen LogP contribution in [0.5, 0.6) is 0 Å². The Morgan fingerprint density at radius 3 is 2.61 bits per heavy atom. The van der Waals surface area contributed by atoms with Crippen LogP contribution >= 0.6 is 24.4 Å². The summed E-state index contributed by atoms with van der Waals surface area (Å²) in [5.74, 6) is 1.28. The van der Waals surface area contributed by atoms with E-state index in [4.69, 9.17) is 0 Å². The third-order valence-corrected chi connectivity index (χ3v) is 7.17. The van der Waals surface area contributed by atoms with Gasteiger partial charge in [0.1, 0.15) is 5.37 Å². The molecule has 7 heteroatoms. The first-order valence-electron chi connectivity index (χ1n) is 6.09. The molecule has 0 radical (unpaired) electrons. The smallest absolute Gasteiger partial charge is 0.236 e. The molecule has 18 heavy (non-hydrogen) atoms. The number of carbonyl (C=O) groups excluding carboxylic acids is 1. The molecule has 1 amide bonds. The Bertz CT molecular complexity index is 394. The second-order valence-corrected chi connectivity index (χ2v) is 8.85. The van der Waals surface area contributed by atoms with Crippen molar-refractivity contribution in [2.45, 2.75) is 31.4 Å². The Morgan fingerprint density at radius 2 is 2.11 bits per heavy atom. The molecule has 4 nitrogen and oxygen atoms in total. The molecule has 0 aromatic carbocycles. The van der Waals surface area contributed by atoms with Gasteiger partial charge in [0.15, 0.2) is 9.84 Å². The van der Waals surface area contributed by atoms with Gasteiger partial charge < -0.3 is 4.90 Å². The number of thiol groups is 1. The van der Waals surface area contributed by atoms with E-state index in [1.54, 1.807) is 18.7 Å². The van der Waals surface area contributed by atoms with E-state index in [1.165, 1.54) is 4.90 Å². The summed E-state index contributed by atoms with van der Waals surface area (Å²) in [5, 5.41) is -1.11. The first-order valence-corrected chi connectivity index (χ1v) is 9.47. The van der Waals surface area contributed by atoms with Crippen LogP contribution in [-0.4, -0.2) is 53.7 Å². The van der Waals surface area contributed by atoms with Crippen molar-refractivity contribution in [1.82, 2.24) is 4.90 Å². The zero-order valence-corrected chi connectivity index (χ0v) is 13.5. The molecular weight excluding hydrogens is 290 g/mol. The maximum absolute atomic E-state index is 12.3. The SMILES string of the molecule is CCS(=O)(=O)C1CSCCN1C(=O)C(S)C(C)C. The minimum absolute atomic E-state index is 0.0704. The highest BCUT2D eigenvalue weighted by atomic mass is 32.2. The Hall–Kier alpha value is 0.120. The van der Waals surface area contributed by atoms with Crippen molar-refractivity contribution in [3.8, 4) is 0 Å². The summed E-state index contributed by atoms with van der Waals surface area (Å²) in [7, 11) is -3.22. The van der Waals surface area contributed by atoms with Crippen LogP contribution in [-0.2, 0) is 14.6 Å². The van der Waals surface area contributed by atoms with Gasteiger partial charge in [-0.1, -0.05) is 20.8 Å². The molecule has 0 N–H and O–H groups in total. The van der Waals surface area contributed by atoms with Crippen LogP contribution in [0.1, 0.15) is 20.8 Å². The monoisotopic (exact) mass is 311 g/mol. The fourth-order valence-electron chi connectivity index (χ4n) is 1.78. The molecule has 1 rings (SSSR count). The zero-order chi connectivity index (χ0) is 13.9. The van der Waals surface area contributed by atoms with Crippen LogP contribution in [0.3, 0.4) is 0 Å². The first-order chi connectivity index (χ1) is 8.31. The molecule has 1 saturated heterocycles. The van der Waals surface area contributed by atoms with Gasteiger partial charge in [-0.2, -0.15) is 24.4 Å². The lowest BCUT2D eigenvalue weighted by atomic mass is 10.1. The van der Waals surface area contributed by atoms with Crippen LogP contribution < -0.4 is 0 Å². The van der Waals surface area contributed by atoms with Gasteiger partial charge in [-0.3, -0.25) is 4.79 Å². The van der Waals surface area contributed by atoms with E-state index in [0.29, 0.717) is 12.3 Å². The van der Waals surface area contributed by atoms with E-state index in [9.17, 15) is 13.2 Å². The summed E-state index contributed by atoms with van der Waals surface area (Å²) in [4.78, 5) is 13.8. The molecule has 0 spiro atoms. The van der Waals surface area contributed by atoms with Crippen LogP contribution in [0.15, 0.2) is 0 Å². The summed E-state index contributed by atoms with van der Waals surface area (Å²) in [6.45, 7) is 5.95. The summed E-state index contributed by atoms with van der Waals surface area (Å²) < 4.78 is 24.1. The highest BCUT2D eigenvalue weighted by Crippen LogP contribution is 2.24. The predicted molar refractivity (Wildman–Crippen MR) is 79.9 cm³/mol. The highest BCUT2D eigenvalue weighted by Gasteiger charge is 2.37. The fraction of sp³-hybridized carbons (Fsp3) is 0.909. The molecule has 0 bridgehead atoms. The quantitative estimate of drug-likeness (QED) is 0.795. The number of carbonyl (C=O) groups is 1. The summed E-state index contributed by atoms with van der Waals surface area (Å²) in [5.41, 5.74) is 0. The summed E-state index contributed by atoms with van der Waals surface area (Å²) in [6, 6.07) is 0. The zero-order valence-electron chi connectivity index (χ0n) is 11.0. The minimum atomic E-state index is -3.22. The third-order valence-electron chi connectivity index (χ3n) is 3.07. The average molecular weight is 311 g/mol. The molecule has 1 aliphatic rings. The van der Waals surface area contributed by atoms with Gasteiger partial charge in [-0.15, -0.1) is 0 Å². The summed E-state index contributed by atoms with van der Waals surface area (Å²) in [6.07, 6.45) is 0. The van der Waals surface area contributed by atoms with Crippen molar-refractivity contribution in [2.24, 2.45) is 5.92 Å². The van der Waals surface area contributed by atoms with Gasteiger partial charge in [0.2, 0.25) is 5.91 Å². The van der Waals surface area contributed by atoms with Crippen molar-refractivity contribution in [1.29, 1.82) is 0 Å². The van der Waals surface area contributed by atoms with Gasteiger partial charge in [0, 0.05) is 23.8 Å². The Labute approximate surface area is 119 Å². The largest absolute Gasteiger partial charge is 0.323 e. The minimum Gasteiger partial charge on any atom is -0.323 e. The maximum Gasteiger partial charge on any atom is 0.236 e. The highest BCUT2D eigenvalue weighted by molar-refractivity contribution is 8.01. The van der Waals surface area contributed by atoms with Crippen molar-refractivity contribution in [3.05, 3.63) is 0 Å². The molecular formula is C11H21NO3S3. The van der Waals surface area contributed by atoms with Crippen molar-refractivity contribution in [2.75, 3.05) is 23.8 Å². The van der Waals surface area contributed by atoms with E-state index < -0.39 is 20.5 Å². The molecule has 2 atom stereocenters. The topological polar surface area (TPSA) is 54.5 Å². The fourth-order valence-corrected chi connectivity index (χ4v) is 4.90. The van der Waals surface area contributed by atoms with Crippen LogP contribution in [0.25, 0.3) is 0 Å². The summed E-state index contributed by atoms with van der Waals surface area (Å²) >= 11 is 5.89. The Balaban J connectivity index is 2.93. The number of amides is 1. The van der Waals surface area contributed by atoms with Gasteiger partial charge >= 0.3 is 0 Å². The Morgan fingerprint density at radius 1 is 1.50 bits per heavy atom. The molecule has 0 aliphatic carbocycles. The maximum atomic E-state index is 12.3. The number of rotatable bonds is 4. The molecule has 1 heterocycles. The van der Waals surface area contributed by atoms with Gasteiger partial charge in [0.05, 0.1) is 5.25 Å². The lowest BCUT2D eigenvalue weighted by molar-refractivity contribution is -0.131. The number of hydrogen-bond donors (Lipinski definition) is 1. The lowest BCUT2D eigenvalue weighted by Crippen LogP contribution is -2.53. The van der Waals surface area contributed by atoms with Gasteiger partial charge in [-0.25, -0.2) is 8.42 Å².